The van der Waals surface area contributed by atoms with Crippen LogP contribution in [0.4, 0.5) is 9.18 Å². The van der Waals surface area contributed by atoms with Gasteiger partial charge in [-0.25, -0.2) is 9.18 Å². The first kappa shape index (κ1) is 20.6. The topological polar surface area (TPSA) is 80.5 Å². The molecule has 1 N–H and O–H groups in total. The molecule has 0 aliphatic carbocycles. The SMILES string of the molecule is CCOc1ccc(C2NC(=O)N(CC)C(C)=C2c2nc(-c3ccc(F)cc3)no2)cc1. The predicted octanol–water partition coefficient (Wildman–Crippen LogP) is 4.79. The normalized spacial score (nSPS) is 16.5. The van der Waals surface area contributed by atoms with E-state index in [0.717, 1.165) is 17.0 Å². The van der Waals surface area contributed by atoms with Crippen molar-refractivity contribution in [2.45, 2.75) is 26.8 Å². The van der Waals surface area contributed by atoms with E-state index in [1.165, 1.54) is 12.1 Å². The number of carbonyl (C=O) groups is 1. The third-order valence-corrected chi connectivity index (χ3v) is 5.20. The van der Waals surface area contributed by atoms with Crippen LogP contribution in [0, 0.1) is 5.82 Å². The van der Waals surface area contributed by atoms with Gasteiger partial charge >= 0.3 is 6.03 Å². The molecule has 0 saturated heterocycles. The predicted molar refractivity (Wildman–Crippen MR) is 114 cm³/mol. The van der Waals surface area contributed by atoms with E-state index in [4.69, 9.17) is 9.26 Å². The van der Waals surface area contributed by atoms with Gasteiger partial charge in [0.1, 0.15) is 11.6 Å². The summed E-state index contributed by atoms with van der Waals surface area (Å²) in [5.41, 5.74) is 2.95. The Morgan fingerprint density at radius 2 is 1.84 bits per heavy atom. The number of nitrogens with one attached hydrogen (secondary N) is 1. The number of benzene rings is 2. The average Bonchev–Trinajstić information content (AvgIpc) is 3.24. The molecule has 7 nitrogen and oxygen atoms in total. The minimum Gasteiger partial charge on any atom is -0.494 e. The van der Waals surface area contributed by atoms with Gasteiger partial charge in [0.25, 0.3) is 5.89 Å². The van der Waals surface area contributed by atoms with Crippen molar-refractivity contribution in [1.82, 2.24) is 20.4 Å². The van der Waals surface area contributed by atoms with Gasteiger partial charge in [-0.05, 0) is 62.7 Å². The number of nitrogens with zero attached hydrogens (tertiary/aromatic N) is 3. The van der Waals surface area contributed by atoms with Gasteiger partial charge in [0.05, 0.1) is 18.2 Å². The third kappa shape index (κ3) is 4.01. The van der Waals surface area contributed by atoms with E-state index in [9.17, 15) is 9.18 Å². The van der Waals surface area contributed by atoms with Crippen LogP contribution in [-0.4, -0.2) is 34.2 Å². The number of ether oxygens (including phenoxy) is 1. The molecule has 1 unspecified atom stereocenters. The Bertz CT molecular complexity index is 1110. The largest absolute Gasteiger partial charge is 0.494 e. The van der Waals surface area contributed by atoms with Gasteiger partial charge in [0.2, 0.25) is 5.82 Å². The van der Waals surface area contributed by atoms with Gasteiger partial charge in [-0.1, -0.05) is 17.3 Å². The number of aromatic nitrogens is 2. The average molecular weight is 422 g/mol. The second-order valence-electron chi connectivity index (χ2n) is 7.06. The maximum absolute atomic E-state index is 13.3. The van der Waals surface area contributed by atoms with Crippen molar-refractivity contribution in [1.29, 1.82) is 0 Å². The zero-order valence-electron chi connectivity index (χ0n) is 17.6. The lowest BCUT2D eigenvalue weighted by atomic mass is 9.94. The number of amides is 2. The number of allylic oxidation sites excluding steroid dienone is 1. The maximum Gasteiger partial charge on any atom is 0.322 e. The fourth-order valence-corrected chi connectivity index (χ4v) is 3.66. The summed E-state index contributed by atoms with van der Waals surface area (Å²) in [6.07, 6.45) is 0. The molecule has 0 saturated carbocycles. The van der Waals surface area contributed by atoms with E-state index in [1.54, 1.807) is 17.0 Å². The first-order valence-corrected chi connectivity index (χ1v) is 10.1. The summed E-state index contributed by atoms with van der Waals surface area (Å²) in [6, 6.07) is 12.8. The molecule has 0 fully saturated rings. The van der Waals surface area contributed by atoms with Crippen molar-refractivity contribution in [3.63, 3.8) is 0 Å². The lowest BCUT2D eigenvalue weighted by Crippen LogP contribution is -2.45. The van der Waals surface area contributed by atoms with Crippen LogP contribution >= 0.6 is 0 Å². The lowest BCUT2D eigenvalue weighted by molar-refractivity contribution is 0.207. The van der Waals surface area contributed by atoms with E-state index in [1.807, 2.05) is 45.0 Å². The molecule has 0 spiro atoms. The second-order valence-corrected chi connectivity index (χ2v) is 7.06. The molecule has 1 aromatic heterocycles. The molecule has 160 valence electrons. The monoisotopic (exact) mass is 422 g/mol. The number of rotatable bonds is 6. The van der Waals surface area contributed by atoms with Gasteiger partial charge in [-0.2, -0.15) is 4.98 Å². The van der Waals surface area contributed by atoms with E-state index in [2.05, 4.69) is 15.5 Å². The van der Waals surface area contributed by atoms with Crippen molar-refractivity contribution >= 4 is 11.6 Å². The van der Waals surface area contributed by atoms with Gasteiger partial charge in [-0.15, -0.1) is 0 Å². The molecule has 2 amide bonds. The summed E-state index contributed by atoms with van der Waals surface area (Å²) in [5, 5.41) is 7.10. The molecule has 1 atom stereocenters. The fraction of sp³-hybridized carbons (Fsp3) is 0.261. The molecule has 2 heterocycles. The van der Waals surface area contributed by atoms with Crippen LogP contribution in [0.5, 0.6) is 5.75 Å². The number of urea groups is 1. The molecule has 3 aromatic rings. The summed E-state index contributed by atoms with van der Waals surface area (Å²) in [5.74, 6) is 1.06. The molecule has 8 heteroatoms. The first-order valence-electron chi connectivity index (χ1n) is 10.1. The van der Waals surface area contributed by atoms with Crippen molar-refractivity contribution in [2.24, 2.45) is 0 Å². The number of hydrogen-bond donors (Lipinski definition) is 1. The Hall–Kier alpha value is -3.68. The van der Waals surface area contributed by atoms with Crippen molar-refractivity contribution < 1.29 is 18.4 Å². The van der Waals surface area contributed by atoms with Gasteiger partial charge in [-0.3, -0.25) is 4.90 Å². The van der Waals surface area contributed by atoms with E-state index in [-0.39, 0.29) is 11.8 Å². The summed E-state index contributed by atoms with van der Waals surface area (Å²) in [4.78, 5) is 18.8. The zero-order chi connectivity index (χ0) is 22.0. The number of carbonyl (C=O) groups excluding carboxylic acids is 1. The summed E-state index contributed by atoms with van der Waals surface area (Å²) < 4.78 is 24.4. The molecular formula is C23H23FN4O3. The highest BCUT2D eigenvalue weighted by Crippen LogP contribution is 2.37. The molecule has 31 heavy (non-hydrogen) atoms. The van der Waals surface area contributed by atoms with Crippen LogP contribution in [0.2, 0.25) is 0 Å². The quantitative estimate of drug-likeness (QED) is 0.618. The molecule has 2 aromatic carbocycles. The van der Waals surface area contributed by atoms with Crippen LogP contribution in [0.1, 0.15) is 38.3 Å². The molecule has 1 aliphatic rings. The van der Waals surface area contributed by atoms with Gasteiger partial charge < -0.3 is 14.6 Å². The van der Waals surface area contributed by atoms with E-state index < -0.39 is 6.04 Å². The fourth-order valence-electron chi connectivity index (χ4n) is 3.66. The second kappa shape index (κ2) is 8.59. The Labute approximate surface area is 179 Å². The molecule has 0 bridgehead atoms. The van der Waals surface area contributed by atoms with Crippen LogP contribution in [0.3, 0.4) is 0 Å². The highest BCUT2D eigenvalue weighted by molar-refractivity contribution is 5.86. The summed E-state index contributed by atoms with van der Waals surface area (Å²) in [7, 11) is 0. The smallest absolute Gasteiger partial charge is 0.322 e. The molecule has 0 radical (unpaired) electrons. The highest BCUT2D eigenvalue weighted by Gasteiger charge is 2.35. The third-order valence-electron chi connectivity index (χ3n) is 5.20. The Morgan fingerprint density at radius 3 is 2.48 bits per heavy atom. The van der Waals surface area contributed by atoms with Crippen LogP contribution in [-0.2, 0) is 0 Å². The van der Waals surface area contributed by atoms with Crippen LogP contribution in [0.25, 0.3) is 17.0 Å². The van der Waals surface area contributed by atoms with Crippen LogP contribution in [0.15, 0.2) is 58.8 Å². The lowest BCUT2D eigenvalue weighted by Gasteiger charge is -2.34. The zero-order valence-corrected chi connectivity index (χ0v) is 17.6. The Kier molecular flexibility index (Phi) is 5.70. The van der Waals surface area contributed by atoms with Gasteiger partial charge in [0.15, 0.2) is 0 Å². The summed E-state index contributed by atoms with van der Waals surface area (Å²) in [6.45, 7) is 6.75. The van der Waals surface area contributed by atoms with Gasteiger partial charge in [0, 0.05) is 17.8 Å². The van der Waals surface area contributed by atoms with Crippen molar-refractivity contribution in [3.05, 3.63) is 71.5 Å². The van der Waals surface area contributed by atoms with Crippen molar-refractivity contribution in [2.75, 3.05) is 13.2 Å². The number of halogens is 1. The van der Waals surface area contributed by atoms with E-state index >= 15 is 0 Å². The Morgan fingerprint density at radius 1 is 1.13 bits per heavy atom. The highest BCUT2D eigenvalue weighted by atomic mass is 19.1. The van der Waals surface area contributed by atoms with Crippen LogP contribution < -0.4 is 10.1 Å². The van der Waals surface area contributed by atoms with Crippen molar-refractivity contribution in [3.8, 4) is 17.1 Å². The first-order chi connectivity index (χ1) is 15.0. The molecule has 1 aliphatic heterocycles. The number of hydrogen-bond acceptors (Lipinski definition) is 5. The Balaban J connectivity index is 1.76. The molecule has 4 rings (SSSR count). The standard InChI is InChI=1S/C23H23FN4O3/c1-4-28-14(3)19(22-26-21(27-31-22)16-6-10-17(24)11-7-16)20(25-23(28)29)15-8-12-18(13-9-15)30-5-2/h6-13,20H,4-5H2,1-3H3,(H,25,29). The minimum atomic E-state index is -0.465. The molecular weight excluding hydrogens is 399 g/mol. The van der Waals surface area contributed by atoms with E-state index in [0.29, 0.717) is 36.0 Å². The summed E-state index contributed by atoms with van der Waals surface area (Å²) >= 11 is 0. The minimum absolute atomic E-state index is 0.194. The maximum atomic E-state index is 13.3.